The molecule has 0 spiro atoms. The van der Waals surface area contributed by atoms with Crippen LogP contribution in [-0.2, 0) is 9.47 Å². The molecular formula is C14H18O3. The molecule has 2 fully saturated rings. The number of ether oxygens (including phenoxy) is 3. The highest BCUT2D eigenvalue weighted by molar-refractivity contribution is 5.30. The largest absolute Gasteiger partial charge is 0.497 e. The van der Waals surface area contributed by atoms with E-state index in [9.17, 15) is 0 Å². The van der Waals surface area contributed by atoms with Crippen molar-refractivity contribution in [1.29, 1.82) is 0 Å². The molecule has 0 aromatic heterocycles. The van der Waals surface area contributed by atoms with Crippen molar-refractivity contribution in [3.8, 4) is 5.75 Å². The third-order valence-electron chi connectivity index (χ3n) is 3.84. The summed E-state index contributed by atoms with van der Waals surface area (Å²) >= 11 is 0. The predicted molar refractivity (Wildman–Crippen MR) is 64.1 cm³/mol. The summed E-state index contributed by atoms with van der Waals surface area (Å²) in [5, 5.41) is 0. The molecular weight excluding hydrogens is 216 g/mol. The van der Waals surface area contributed by atoms with Crippen molar-refractivity contribution in [2.45, 2.75) is 32.2 Å². The standard InChI is InChI=1S/C14H18O3/c1-14(2)12(16-8-11-13(14)17-11)9-4-6-10(15-3)7-5-9/h4-7,11-13H,8H2,1-3H3/t11-,12+,13-/m1/s1. The zero-order chi connectivity index (χ0) is 12.0. The van der Waals surface area contributed by atoms with Gasteiger partial charge in [-0.2, -0.15) is 0 Å². The second-order valence-electron chi connectivity index (χ2n) is 5.40. The number of hydrogen-bond acceptors (Lipinski definition) is 3. The molecule has 0 radical (unpaired) electrons. The zero-order valence-electron chi connectivity index (χ0n) is 10.5. The lowest BCUT2D eigenvalue weighted by Crippen LogP contribution is -2.36. The summed E-state index contributed by atoms with van der Waals surface area (Å²) in [5.41, 5.74) is 1.24. The summed E-state index contributed by atoms with van der Waals surface area (Å²) in [6.45, 7) is 5.14. The molecule has 1 aromatic rings. The van der Waals surface area contributed by atoms with Gasteiger partial charge in [-0.15, -0.1) is 0 Å². The van der Waals surface area contributed by atoms with E-state index in [-0.39, 0.29) is 11.5 Å². The van der Waals surface area contributed by atoms with Gasteiger partial charge in [-0.05, 0) is 17.7 Å². The fourth-order valence-electron chi connectivity index (χ4n) is 2.78. The average Bonchev–Trinajstić information content (AvgIpc) is 3.10. The van der Waals surface area contributed by atoms with Crippen LogP contribution in [0.3, 0.4) is 0 Å². The van der Waals surface area contributed by atoms with Crippen molar-refractivity contribution in [3.63, 3.8) is 0 Å². The maximum absolute atomic E-state index is 5.94. The quantitative estimate of drug-likeness (QED) is 0.737. The first-order chi connectivity index (χ1) is 8.13. The summed E-state index contributed by atoms with van der Waals surface area (Å²) < 4.78 is 16.8. The van der Waals surface area contributed by atoms with Gasteiger partial charge in [-0.25, -0.2) is 0 Å². The van der Waals surface area contributed by atoms with E-state index in [1.807, 2.05) is 12.1 Å². The Labute approximate surface area is 102 Å². The number of fused-ring (bicyclic) bond motifs is 1. The molecule has 0 unspecified atom stereocenters. The smallest absolute Gasteiger partial charge is 0.118 e. The molecule has 3 atom stereocenters. The molecule has 2 aliphatic rings. The van der Waals surface area contributed by atoms with Crippen LogP contribution in [0.5, 0.6) is 5.75 Å². The molecule has 0 bridgehead atoms. The number of hydrogen-bond donors (Lipinski definition) is 0. The van der Waals surface area contributed by atoms with Gasteiger partial charge in [0.05, 0.1) is 25.9 Å². The van der Waals surface area contributed by atoms with Gasteiger partial charge in [0.2, 0.25) is 0 Å². The van der Waals surface area contributed by atoms with Crippen molar-refractivity contribution in [1.82, 2.24) is 0 Å². The Morgan fingerprint density at radius 1 is 1.24 bits per heavy atom. The van der Waals surface area contributed by atoms with E-state index in [4.69, 9.17) is 14.2 Å². The maximum Gasteiger partial charge on any atom is 0.118 e. The van der Waals surface area contributed by atoms with Crippen LogP contribution in [0.15, 0.2) is 24.3 Å². The van der Waals surface area contributed by atoms with Crippen molar-refractivity contribution in [2.24, 2.45) is 5.41 Å². The van der Waals surface area contributed by atoms with Crippen molar-refractivity contribution >= 4 is 0 Å². The van der Waals surface area contributed by atoms with E-state index in [0.29, 0.717) is 18.8 Å². The van der Waals surface area contributed by atoms with Gasteiger partial charge < -0.3 is 14.2 Å². The molecule has 3 nitrogen and oxygen atoms in total. The van der Waals surface area contributed by atoms with Crippen LogP contribution in [0.1, 0.15) is 25.5 Å². The third-order valence-corrected chi connectivity index (χ3v) is 3.84. The Hall–Kier alpha value is -1.06. The van der Waals surface area contributed by atoms with Gasteiger partial charge in [0, 0.05) is 5.41 Å². The zero-order valence-corrected chi connectivity index (χ0v) is 10.5. The second-order valence-corrected chi connectivity index (χ2v) is 5.40. The van der Waals surface area contributed by atoms with Gasteiger partial charge in [0.1, 0.15) is 11.9 Å². The lowest BCUT2D eigenvalue weighted by atomic mass is 9.77. The van der Waals surface area contributed by atoms with Crippen LogP contribution in [0.4, 0.5) is 0 Å². The molecule has 92 valence electrons. The summed E-state index contributed by atoms with van der Waals surface area (Å²) in [7, 11) is 1.68. The molecule has 2 saturated heterocycles. The highest BCUT2D eigenvalue weighted by atomic mass is 16.6. The molecule has 2 heterocycles. The number of rotatable bonds is 2. The van der Waals surface area contributed by atoms with Gasteiger partial charge in [-0.3, -0.25) is 0 Å². The lowest BCUT2D eigenvalue weighted by Gasteiger charge is -2.36. The molecule has 0 saturated carbocycles. The van der Waals surface area contributed by atoms with Gasteiger partial charge >= 0.3 is 0 Å². The van der Waals surface area contributed by atoms with Crippen LogP contribution in [-0.4, -0.2) is 25.9 Å². The first kappa shape index (κ1) is 11.1. The summed E-state index contributed by atoms with van der Waals surface area (Å²) in [5.74, 6) is 0.878. The van der Waals surface area contributed by atoms with Gasteiger partial charge in [0.15, 0.2) is 0 Å². The minimum Gasteiger partial charge on any atom is -0.497 e. The minimum atomic E-state index is 0.0392. The SMILES string of the molecule is COc1ccc([C@@H]2OC[C@H]3O[C@H]3C2(C)C)cc1. The molecule has 1 aromatic carbocycles. The number of benzene rings is 1. The number of methoxy groups -OCH3 is 1. The predicted octanol–water partition coefficient (Wildman–Crippen LogP) is 2.56. The molecule has 17 heavy (non-hydrogen) atoms. The summed E-state index contributed by atoms with van der Waals surface area (Å²) in [6, 6.07) is 8.12. The van der Waals surface area contributed by atoms with Crippen molar-refractivity contribution < 1.29 is 14.2 Å². The Morgan fingerprint density at radius 2 is 1.94 bits per heavy atom. The molecule has 3 rings (SSSR count). The second kappa shape index (κ2) is 3.72. The van der Waals surface area contributed by atoms with E-state index in [0.717, 1.165) is 5.75 Å². The number of epoxide rings is 1. The molecule has 3 heteroatoms. The topological polar surface area (TPSA) is 31.0 Å². The molecule has 2 aliphatic heterocycles. The van der Waals surface area contributed by atoms with Crippen LogP contribution < -0.4 is 4.74 Å². The molecule has 0 aliphatic carbocycles. The molecule has 0 amide bonds. The van der Waals surface area contributed by atoms with E-state index in [1.165, 1.54) is 5.56 Å². The van der Waals surface area contributed by atoms with Crippen LogP contribution in [0.2, 0.25) is 0 Å². The fraction of sp³-hybridized carbons (Fsp3) is 0.571. The van der Waals surface area contributed by atoms with Crippen LogP contribution in [0, 0.1) is 5.41 Å². The summed E-state index contributed by atoms with van der Waals surface area (Å²) in [4.78, 5) is 0. The van der Waals surface area contributed by atoms with Gasteiger partial charge in [-0.1, -0.05) is 26.0 Å². The highest BCUT2D eigenvalue weighted by Crippen LogP contribution is 2.52. The van der Waals surface area contributed by atoms with Crippen LogP contribution in [0.25, 0.3) is 0 Å². The normalized spacial score (nSPS) is 33.9. The first-order valence-corrected chi connectivity index (χ1v) is 6.04. The highest BCUT2D eigenvalue weighted by Gasteiger charge is 2.57. The van der Waals surface area contributed by atoms with Crippen molar-refractivity contribution in [2.75, 3.05) is 13.7 Å². The Morgan fingerprint density at radius 3 is 2.59 bits per heavy atom. The maximum atomic E-state index is 5.94. The van der Waals surface area contributed by atoms with Crippen molar-refractivity contribution in [3.05, 3.63) is 29.8 Å². The van der Waals surface area contributed by atoms with E-state index < -0.39 is 0 Å². The summed E-state index contributed by atoms with van der Waals surface area (Å²) in [6.07, 6.45) is 0.778. The minimum absolute atomic E-state index is 0.0392. The molecule has 0 N–H and O–H groups in total. The van der Waals surface area contributed by atoms with E-state index in [1.54, 1.807) is 7.11 Å². The van der Waals surface area contributed by atoms with Crippen LogP contribution >= 0.6 is 0 Å². The van der Waals surface area contributed by atoms with E-state index in [2.05, 4.69) is 26.0 Å². The fourth-order valence-corrected chi connectivity index (χ4v) is 2.78. The Bertz CT molecular complexity index is 410. The third kappa shape index (κ3) is 1.74. The Kier molecular flexibility index (Phi) is 2.42. The first-order valence-electron chi connectivity index (χ1n) is 6.04. The lowest BCUT2D eigenvalue weighted by molar-refractivity contribution is -0.0520. The average molecular weight is 234 g/mol. The monoisotopic (exact) mass is 234 g/mol. The van der Waals surface area contributed by atoms with E-state index >= 15 is 0 Å². The Balaban J connectivity index is 1.86. The van der Waals surface area contributed by atoms with Gasteiger partial charge in [0.25, 0.3) is 0 Å².